The van der Waals surface area contributed by atoms with Gasteiger partial charge in [-0.25, -0.2) is 4.79 Å². The molecule has 0 saturated carbocycles. The first kappa shape index (κ1) is 15.7. The van der Waals surface area contributed by atoms with E-state index in [0.717, 1.165) is 19.3 Å². The van der Waals surface area contributed by atoms with E-state index in [1.807, 2.05) is 6.07 Å². The molecule has 0 spiro atoms. The van der Waals surface area contributed by atoms with Crippen LogP contribution < -0.4 is 4.74 Å². The zero-order chi connectivity index (χ0) is 16.4. The van der Waals surface area contributed by atoms with Crippen molar-refractivity contribution in [2.75, 3.05) is 7.11 Å². The molecular formula is C18H18O4S. The van der Waals surface area contributed by atoms with Gasteiger partial charge in [0.25, 0.3) is 0 Å². The number of ether oxygens (including phenoxy) is 2. The van der Waals surface area contributed by atoms with Crippen molar-refractivity contribution < 1.29 is 19.1 Å². The standard InChI is InChI=1S/C18H18O4S/c1-11(17(19)12-6-8-14(21-2)9-7-12)22-18(20)16-10-13-4-3-5-15(13)23-16/h6-11H,3-5H2,1-2H3/t11-/m0/s1. The van der Waals surface area contributed by atoms with E-state index in [0.29, 0.717) is 16.2 Å². The first-order valence-corrected chi connectivity index (χ1v) is 8.41. The third-order valence-electron chi connectivity index (χ3n) is 3.98. The molecule has 0 fully saturated rings. The number of aryl methyl sites for hydroxylation is 2. The molecule has 4 nitrogen and oxygen atoms in total. The number of hydrogen-bond donors (Lipinski definition) is 0. The third kappa shape index (κ3) is 3.29. The monoisotopic (exact) mass is 330 g/mol. The Hall–Kier alpha value is -2.14. The van der Waals surface area contributed by atoms with Crippen LogP contribution in [0.3, 0.4) is 0 Å². The number of rotatable bonds is 5. The van der Waals surface area contributed by atoms with Crippen molar-refractivity contribution in [1.29, 1.82) is 0 Å². The smallest absolute Gasteiger partial charge is 0.349 e. The quantitative estimate of drug-likeness (QED) is 0.620. The molecule has 1 atom stereocenters. The van der Waals surface area contributed by atoms with Crippen LogP contribution >= 0.6 is 11.3 Å². The van der Waals surface area contributed by atoms with Gasteiger partial charge in [-0.1, -0.05) is 0 Å². The summed E-state index contributed by atoms with van der Waals surface area (Å²) in [6.07, 6.45) is 2.41. The van der Waals surface area contributed by atoms with Crippen molar-refractivity contribution in [2.45, 2.75) is 32.3 Å². The maximum Gasteiger partial charge on any atom is 0.349 e. The van der Waals surface area contributed by atoms with Crippen LogP contribution in [0, 0.1) is 0 Å². The molecule has 1 aliphatic carbocycles. The molecule has 0 unspecified atom stereocenters. The normalized spacial score (nSPS) is 14.2. The lowest BCUT2D eigenvalue weighted by Crippen LogP contribution is -2.24. The zero-order valence-corrected chi connectivity index (χ0v) is 13.9. The van der Waals surface area contributed by atoms with Crippen LogP contribution in [0.4, 0.5) is 0 Å². The van der Waals surface area contributed by atoms with Gasteiger partial charge in [-0.15, -0.1) is 11.3 Å². The molecule has 5 heteroatoms. The number of hydrogen-bond acceptors (Lipinski definition) is 5. The summed E-state index contributed by atoms with van der Waals surface area (Å²) in [4.78, 5) is 26.4. The topological polar surface area (TPSA) is 52.6 Å². The third-order valence-corrected chi connectivity index (χ3v) is 5.19. The highest BCUT2D eigenvalue weighted by atomic mass is 32.1. The summed E-state index contributed by atoms with van der Waals surface area (Å²) in [5, 5.41) is 0. The Kier molecular flexibility index (Phi) is 4.48. The lowest BCUT2D eigenvalue weighted by atomic mass is 10.1. The second kappa shape index (κ2) is 6.54. The van der Waals surface area contributed by atoms with Gasteiger partial charge in [-0.05, 0) is 62.1 Å². The van der Waals surface area contributed by atoms with Crippen LogP contribution in [0.1, 0.15) is 43.8 Å². The van der Waals surface area contributed by atoms with Gasteiger partial charge in [0.1, 0.15) is 10.6 Å². The zero-order valence-electron chi connectivity index (χ0n) is 13.1. The van der Waals surface area contributed by atoms with E-state index in [1.54, 1.807) is 38.3 Å². The molecule has 1 aromatic carbocycles. The van der Waals surface area contributed by atoms with Gasteiger partial charge in [0.15, 0.2) is 6.10 Å². The fraction of sp³-hybridized carbons (Fsp3) is 0.333. The maximum atomic E-state index is 12.3. The van der Waals surface area contributed by atoms with E-state index < -0.39 is 12.1 Å². The van der Waals surface area contributed by atoms with Gasteiger partial charge in [0, 0.05) is 10.4 Å². The number of carbonyl (C=O) groups excluding carboxylic acids is 2. The Morgan fingerprint density at radius 1 is 1.17 bits per heavy atom. The Bertz CT molecular complexity index is 708. The number of esters is 1. The number of benzene rings is 1. The van der Waals surface area contributed by atoms with Crippen molar-refractivity contribution in [3.8, 4) is 5.75 Å². The average molecular weight is 330 g/mol. The SMILES string of the molecule is COc1ccc(C(=O)[C@H](C)OC(=O)c2cc3c(s2)CCC3)cc1. The van der Waals surface area contributed by atoms with Crippen molar-refractivity contribution in [2.24, 2.45) is 0 Å². The van der Waals surface area contributed by atoms with Gasteiger partial charge >= 0.3 is 5.97 Å². The van der Waals surface area contributed by atoms with Crippen LogP contribution in [-0.4, -0.2) is 25.0 Å². The van der Waals surface area contributed by atoms with Crippen LogP contribution in [0.25, 0.3) is 0 Å². The summed E-state index contributed by atoms with van der Waals surface area (Å²) in [6, 6.07) is 8.67. The molecule has 0 saturated heterocycles. The van der Waals surface area contributed by atoms with E-state index in [2.05, 4.69) is 0 Å². The lowest BCUT2D eigenvalue weighted by molar-refractivity contribution is 0.0323. The number of carbonyl (C=O) groups is 2. The highest BCUT2D eigenvalue weighted by Gasteiger charge is 2.24. The molecule has 0 aliphatic heterocycles. The minimum Gasteiger partial charge on any atom is -0.497 e. The number of ketones is 1. The van der Waals surface area contributed by atoms with Crippen LogP contribution in [0.5, 0.6) is 5.75 Å². The number of fused-ring (bicyclic) bond motifs is 1. The molecule has 3 rings (SSSR count). The summed E-state index contributed by atoms with van der Waals surface area (Å²) in [7, 11) is 1.57. The van der Waals surface area contributed by atoms with E-state index in [4.69, 9.17) is 9.47 Å². The van der Waals surface area contributed by atoms with Crippen molar-refractivity contribution >= 4 is 23.1 Å². The Morgan fingerprint density at radius 3 is 2.57 bits per heavy atom. The minimum atomic E-state index is -0.812. The van der Waals surface area contributed by atoms with E-state index in [-0.39, 0.29) is 5.78 Å². The second-order valence-corrected chi connectivity index (χ2v) is 6.69. The first-order valence-electron chi connectivity index (χ1n) is 7.59. The van der Waals surface area contributed by atoms with Crippen molar-refractivity contribution in [3.63, 3.8) is 0 Å². The molecule has 0 radical (unpaired) electrons. The number of thiophene rings is 1. The van der Waals surface area contributed by atoms with Gasteiger partial charge in [-0.2, -0.15) is 0 Å². The van der Waals surface area contributed by atoms with Crippen LogP contribution in [0.2, 0.25) is 0 Å². The molecule has 1 aromatic heterocycles. The minimum absolute atomic E-state index is 0.217. The van der Waals surface area contributed by atoms with Gasteiger partial charge in [0.2, 0.25) is 5.78 Å². The molecule has 120 valence electrons. The molecule has 0 amide bonds. The summed E-state index contributed by atoms with van der Waals surface area (Å²) in [5.41, 5.74) is 1.75. The fourth-order valence-corrected chi connectivity index (χ4v) is 3.83. The summed E-state index contributed by atoms with van der Waals surface area (Å²) in [6.45, 7) is 1.60. The molecular weight excluding hydrogens is 312 g/mol. The van der Waals surface area contributed by atoms with Crippen molar-refractivity contribution in [3.05, 3.63) is 51.2 Å². The van der Waals surface area contributed by atoms with Crippen LogP contribution in [-0.2, 0) is 17.6 Å². The first-order chi connectivity index (χ1) is 11.1. The van der Waals surface area contributed by atoms with Gasteiger partial charge in [-0.3, -0.25) is 4.79 Å². The molecule has 0 N–H and O–H groups in total. The van der Waals surface area contributed by atoms with Gasteiger partial charge < -0.3 is 9.47 Å². The largest absolute Gasteiger partial charge is 0.497 e. The Morgan fingerprint density at radius 2 is 1.91 bits per heavy atom. The van der Waals surface area contributed by atoms with Gasteiger partial charge in [0.05, 0.1) is 7.11 Å². The molecule has 1 heterocycles. The second-order valence-electron chi connectivity index (χ2n) is 5.55. The fourth-order valence-electron chi connectivity index (χ4n) is 2.69. The molecule has 2 aromatic rings. The maximum absolute atomic E-state index is 12.3. The predicted molar refractivity (Wildman–Crippen MR) is 88.5 cm³/mol. The number of Topliss-reactive ketones (excluding diaryl/α,β-unsaturated/α-hetero) is 1. The van der Waals surface area contributed by atoms with E-state index in [1.165, 1.54) is 21.8 Å². The number of methoxy groups -OCH3 is 1. The average Bonchev–Trinajstić information content (AvgIpc) is 3.15. The predicted octanol–water partition coefficient (Wildman–Crippen LogP) is 3.67. The lowest BCUT2D eigenvalue weighted by Gasteiger charge is -2.12. The Labute approximate surface area is 139 Å². The van der Waals surface area contributed by atoms with E-state index >= 15 is 0 Å². The van der Waals surface area contributed by atoms with E-state index in [9.17, 15) is 9.59 Å². The summed E-state index contributed by atoms with van der Waals surface area (Å²) >= 11 is 1.48. The molecule has 1 aliphatic rings. The highest BCUT2D eigenvalue weighted by molar-refractivity contribution is 7.14. The Balaban J connectivity index is 1.66. The summed E-state index contributed by atoms with van der Waals surface area (Å²) < 4.78 is 10.4. The summed E-state index contributed by atoms with van der Waals surface area (Å²) in [5.74, 6) is 0.0446. The molecule has 23 heavy (non-hydrogen) atoms. The van der Waals surface area contributed by atoms with Crippen molar-refractivity contribution in [1.82, 2.24) is 0 Å². The molecule has 0 bridgehead atoms. The highest BCUT2D eigenvalue weighted by Crippen LogP contribution is 2.31. The van der Waals surface area contributed by atoms with Crippen LogP contribution in [0.15, 0.2) is 30.3 Å².